The van der Waals surface area contributed by atoms with Gasteiger partial charge in [-0.1, -0.05) is 12.1 Å². The quantitative estimate of drug-likeness (QED) is 0.610. The highest BCUT2D eigenvalue weighted by atomic mass is 19.1. The van der Waals surface area contributed by atoms with E-state index in [0.717, 1.165) is 11.4 Å². The summed E-state index contributed by atoms with van der Waals surface area (Å²) in [7, 11) is 0. The lowest BCUT2D eigenvalue weighted by Gasteiger charge is -2.09. The highest BCUT2D eigenvalue weighted by Gasteiger charge is 2.05. The Morgan fingerprint density at radius 1 is 0.852 bits per heavy atom. The number of rotatable bonds is 6. The second kappa shape index (κ2) is 8.27. The van der Waals surface area contributed by atoms with Crippen LogP contribution < -0.4 is 10.6 Å². The van der Waals surface area contributed by atoms with Gasteiger partial charge in [0.2, 0.25) is 5.91 Å². The molecule has 0 aromatic heterocycles. The first-order valence-corrected chi connectivity index (χ1v) is 8.52. The lowest BCUT2D eigenvalue weighted by atomic mass is 10.1. The normalized spacial score (nSPS) is 10.3. The Morgan fingerprint density at radius 2 is 1.44 bits per heavy atom. The highest BCUT2D eigenvalue weighted by Crippen LogP contribution is 2.20. The molecule has 0 atom stereocenters. The average molecular weight is 362 g/mol. The number of amides is 1. The predicted molar refractivity (Wildman–Crippen MR) is 105 cm³/mol. The molecule has 0 aliphatic carbocycles. The van der Waals surface area contributed by atoms with Gasteiger partial charge >= 0.3 is 0 Å². The maximum absolute atomic E-state index is 13.2. The molecule has 4 nitrogen and oxygen atoms in total. The summed E-state index contributed by atoms with van der Waals surface area (Å²) in [6, 6.07) is 20.5. The number of anilines is 3. The largest absolute Gasteiger partial charge is 0.356 e. The molecule has 0 aliphatic rings. The zero-order valence-electron chi connectivity index (χ0n) is 14.8. The fourth-order valence-electron chi connectivity index (χ4n) is 2.63. The number of benzene rings is 3. The van der Waals surface area contributed by atoms with Crippen molar-refractivity contribution in [3.63, 3.8) is 0 Å². The minimum Gasteiger partial charge on any atom is -0.356 e. The van der Waals surface area contributed by atoms with E-state index in [2.05, 4.69) is 10.6 Å². The van der Waals surface area contributed by atoms with Gasteiger partial charge in [0.05, 0.1) is 6.42 Å². The third-order valence-electron chi connectivity index (χ3n) is 4.00. The van der Waals surface area contributed by atoms with E-state index in [1.165, 1.54) is 19.1 Å². The summed E-state index contributed by atoms with van der Waals surface area (Å²) in [5.74, 6) is -0.534. The minimum atomic E-state index is -0.355. The Hall–Kier alpha value is -3.47. The van der Waals surface area contributed by atoms with E-state index in [0.29, 0.717) is 16.8 Å². The number of Topliss-reactive ketones (excluding diaryl/α,β-unsaturated/α-hetero) is 1. The van der Waals surface area contributed by atoms with Crippen LogP contribution in [0, 0.1) is 5.82 Å². The van der Waals surface area contributed by atoms with Crippen molar-refractivity contribution in [3.05, 3.63) is 89.7 Å². The summed E-state index contributed by atoms with van der Waals surface area (Å²) < 4.78 is 13.2. The molecule has 3 aromatic carbocycles. The van der Waals surface area contributed by atoms with Crippen LogP contribution in [-0.2, 0) is 11.2 Å². The maximum atomic E-state index is 13.2. The highest BCUT2D eigenvalue weighted by molar-refractivity contribution is 5.94. The molecule has 0 radical (unpaired) electrons. The van der Waals surface area contributed by atoms with Crippen LogP contribution in [0.25, 0.3) is 0 Å². The van der Waals surface area contributed by atoms with E-state index in [1.54, 1.807) is 36.4 Å². The van der Waals surface area contributed by atoms with Crippen molar-refractivity contribution in [2.45, 2.75) is 13.3 Å². The first kappa shape index (κ1) is 18.3. The summed E-state index contributed by atoms with van der Waals surface area (Å²) in [6.45, 7) is 1.53. The number of ketones is 1. The molecule has 0 spiro atoms. The van der Waals surface area contributed by atoms with Crippen LogP contribution in [0.15, 0.2) is 72.8 Å². The Balaban J connectivity index is 1.58. The van der Waals surface area contributed by atoms with Gasteiger partial charge in [-0.25, -0.2) is 4.39 Å². The molecule has 5 heteroatoms. The van der Waals surface area contributed by atoms with Crippen LogP contribution in [-0.4, -0.2) is 11.7 Å². The molecule has 3 aromatic rings. The number of carbonyl (C=O) groups excluding carboxylic acids is 2. The number of carbonyl (C=O) groups is 2. The third kappa shape index (κ3) is 5.25. The van der Waals surface area contributed by atoms with Crippen molar-refractivity contribution in [2.24, 2.45) is 0 Å². The summed E-state index contributed by atoms with van der Waals surface area (Å²) in [5.41, 5.74) is 3.67. The lowest BCUT2D eigenvalue weighted by molar-refractivity contribution is -0.115. The Bertz CT molecular complexity index is 951. The minimum absolute atomic E-state index is 0.0277. The predicted octanol–water partition coefficient (Wildman–Crippen LogP) is 4.95. The Labute approximate surface area is 157 Å². The van der Waals surface area contributed by atoms with Crippen LogP contribution in [0.4, 0.5) is 21.5 Å². The Morgan fingerprint density at radius 3 is 2.04 bits per heavy atom. The third-order valence-corrected chi connectivity index (χ3v) is 4.00. The fourth-order valence-corrected chi connectivity index (χ4v) is 2.63. The molecule has 0 saturated heterocycles. The Kier molecular flexibility index (Phi) is 5.61. The van der Waals surface area contributed by atoms with Crippen LogP contribution in [0.3, 0.4) is 0 Å². The summed E-state index contributed by atoms with van der Waals surface area (Å²) in [6.07, 6.45) is 0.111. The van der Waals surface area contributed by atoms with Gasteiger partial charge in [0.1, 0.15) is 5.82 Å². The first-order valence-electron chi connectivity index (χ1n) is 8.52. The van der Waals surface area contributed by atoms with E-state index >= 15 is 0 Å². The second-order valence-electron chi connectivity index (χ2n) is 6.19. The van der Waals surface area contributed by atoms with E-state index in [1.807, 2.05) is 24.3 Å². The monoisotopic (exact) mass is 362 g/mol. The standard InChI is InChI=1S/C22H19FN2O2/c1-15(26)17-5-7-19(8-6-17)24-20-9-11-21(12-10-20)25-22(27)14-16-3-2-4-18(23)13-16/h2-13,24H,14H2,1H3,(H,25,27). The van der Waals surface area contributed by atoms with E-state index in [4.69, 9.17) is 0 Å². The van der Waals surface area contributed by atoms with Crippen LogP contribution in [0.1, 0.15) is 22.8 Å². The van der Waals surface area contributed by atoms with Crippen molar-refractivity contribution < 1.29 is 14.0 Å². The number of hydrogen-bond donors (Lipinski definition) is 2. The molecule has 0 heterocycles. The van der Waals surface area contributed by atoms with Crippen molar-refractivity contribution in [2.75, 3.05) is 10.6 Å². The molecule has 0 fully saturated rings. The van der Waals surface area contributed by atoms with Gasteiger partial charge in [-0.05, 0) is 73.2 Å². The molecule has 2 N–H and O–H groups in total. The van der Waals surface area contributed by atoms with E-state index in [-0.39, 0.29) is 23.9 Å². The molecule has 27 heavy (non-hydrogen) atoms. The van der Waals surface area contributed by atoms with Crippen molar-refractivity contribution in [3.8, 4) is 0 Å². The molecule has 3 rings (SSSR count). The molecule has 0 unspecified atom stereocenters. The molecule has 0 aliphatic heterocycles. The first-order chi connectivity index (χ1) is 13.0. The average Bonchev–Trinajstić information content (AvgIpc) is 2.64. The molecular formula is C22H19FN2O2. The summed E-state index contributed by atoms with van der Waals surface area (Å²) in [4.78, 5) is 23.4. The van der Waals surface area contributed by atoms with Crippen LogP contribution in [0.2, 0.25) is 0 Å². The van der Waals surface area contributed by atoms with Crippen LogP contribution >= 0.6 is 0 Å². The van der Waals surface area contributed by atoms with Gasteiger partial charge in [0.25, 0.3) is 0 Å². The van der Waals surface area contributed by atoms with Gasteiger partial charge in [-0.2, -0.15) is 0 Å². The molecule has 1 amide bonds. The summed E-state index contributed by atoms with van der Waals surface area (Å²) in [5, 5.41) is 6.03. The number of nitrogens with one attached hydrogen (secondary N) is 2. The van der Waals surface area contributed by atoms with E-state index in [9.17, 15) is 14.0 Å². The van der Waals surface area contributed by atoms with Crippen molar-refractivity contribution in [1.82, 2.24) is 0 Å². The zero-order chi connectivity index (χ0) is 19.2. The molecule has 0 saturated carbocycles. The maximum Gasteiger partial charge on any atom is 0.228 e. The fraction of sp³-hybridized carbons (Fsp3) is 0.0909. The molecule has 0 bridgehead atoms. The van der Waals surface area contributed by atoms with Gasteiger partial charge in [0.15, 0.2) is 5.78 Å². The topological polar surface area (TPSA) is 58.2 Å². The van der Waals surface area contributed by atoms with Gasteiger partial charge < -0.3 is 10.6 Å². The van der Waals surface area contributed by atoms with Gasteiger partial charge in [-0.15, -0.1) is 0 Å². The van der Waals surface area contributed by atoms with E-state index < -0.39 is 0 Å². The number of halogens is 1. The second-order valence-corrected chi connectivity index (χ2v) is 6.19. The smallest absolute Gasteiger partial charge is 0.228 e. The lowest BCUT2D eigenvalue weighted by Crippen LogP contribution is -2.14. The van der Waals surface area contributed by atoms with Gasteiger partial charge in [0, 0.05) is 22.6 Å². The number of hydrogen-bond acceptors (Lipinski definition) is 3. The summed E-state index contributed by atoms with van der Waals surface area (Å²) >= 11 is 0. The van der Waals surface area contributed by atoms with Crippen LogP contribution in [0.5, 0.6) is 0 Å². The van der Waals surface area contributed by atoms with Gasteiger partial charge in [-0.3, -0.25) is 9.59 Å². The van der Waals surface area contributed by atoms with Crippen molar-refractivity contribution >= 4 is 28.8 Å². The van der Waals surface area contributed by atoms with Crippen molar-refractivity contribution in [1.29, 1.82) is 0 Å². The molecule has 136 valence electrons. The molecular weight excluding hydrogens is 343 g/mol. The zero-order valence-corrected chi connectivity index (χ0v) is 14.8. The SMILES string of the molecule is CC(=O)c1ccc(Nc2ccc(NC(=O)Cc3cccc(F)c3)cc2)cc1.